The highest BCUT2D eigenvalue weighted by molar-refractivity contribution is 7.80. The molecule has 1 unspecified atom stereocenters. The van der Waals surface area contributed by atoms with E-state index in [-0.39, 0.29) is 0 Å². The maximum Gasteiger partial charge on any atom is 0.135 e. The molecule has 0 aromatic heterocycles. The van der Waals surface area contributed by atoms with Crippen LogP contribution in [0.5, 0.6) is 11.5 Å². The Morgan fingerprint density at radius 2 is 0.872 bits per heavy atom. The van der Waals surface area contributed by atoms with Crippen LogP contribution in [-0.2, 0) is 0 Å². The smallest absolute Gasteiger partial charge is 0.135 e. The van der Waals surface area contributed by atoms with E-state index in [4.69, 9.17) is 4.74 Å². The first-order valence-corrected chi connectivity index (χ1v) is 16.0. The Morgan fingerprint density at radius 3 is 1.36 bits per heavy atom. The minimum atomic E-state index is -0.786. The van der Waals surface area contributed by atoms with Crippen LogP contribution in [0, 0.1) is 0 Å². The maximum absolute atomic E-state index is 6.94. The lowest BCUT2D eigenvalue weighted by atomic mass is 10.2. The number of hydrogen-bond acceptors (Lipinski definition) is 1. The highest BCUT2D eigenvalue weighted by atomic mass is 31.1. The van der Waals surface area contributed by atoms with Crippen LogP contribution >= 0.6 is 15.8 Å². The van der Waals surface area contributed by atoms with E-state index >= 15 is 0 Å². The summed E-state index contributed by atoms with van der Waals surface area (Å²) in [6.07, 6.45) is 9.22. The van der Waals surface area contributed by atoms with Gasteiger partial charge in [-0.2, -0.15) is 0 Å². The lowest BCUT2D eigenvalue weighted by Gasteiger charge is -2.26. The number of benzene rings is 5. The average Bonchev–Trinajstić information content (AvgIpc) is 3.01. The van der Waals surface area contributed by atoms with Crippen molar-refractivity contribution >= 4 is 42.4 Å². The van der Waals surface area contributed by atoms with E-state index < -0.39 is 15.8 Å². The number of para-hydroxylation sites is 2. The van der Waals surface area contributed by atoms with E-state index in [0.29, 0.717) is 0 Å². The Morgan fingerprint density at radius 1 is 0.436 bits per heavy atom. The first-order valence-electron chi connectivity index (χ1n) is 13.4. The Balaban J connectivity index is 1.45. The zero-order valence-corrected chi connectivity index (χ0v) is 23.5. The summed E-state index contributed by atoms with van der Waals surface area (Å²) in [5.74, 6) is 1.84. The van der Waals surface area contributed by atoms with Crippen molar-refractivity contribution in [3.63, 3.8) is 0 Å². The summed E-state index contributed by atoms with van der Waals surface area (Å²) in [5.41, 5.74) is 0. The van der Waals surface area contributed by atoms with Gasteiger partial charge in [0, 0.05) is 10.6 Å². The van der Waals surface area contributed by atoms with Crippen LogP contribution < -0.4 is 31.3 Å². The van der Waals surface area contributed by atoms with Gasteiger partial charge in [-0.1, -0.05) is 146 Å². The number of allylic oxidation sites excluding steroid dienone is 4. The van der Waals surface area contributed by atoms with Crippen molar-refractivity contribution in [1.29, 1.82) is 0 Å². The first kappa shape index (κ1) is 25.5. The van der Waals surface area contributed by atoms with Gasteiger partial charge in [-0.15, -0.1) is 0 Å². The molecule has 1 aliphatic carbocycles. The van der Waals surface area contributed by atoms with E-state index in [1.807, 2.05) is 0 Å². The van der Waals surface area contributed by atoms with Crippen molar-refractivity contribution in [2.24, 2.45) is 0 Å². The summed E-state index contributed by atoms with van der Waals surface area (Å²) >= 11 is 0. The Bertz CT molecular complexity index is 1540. The van der Waals surface area contributed by atoms with E-state index in [0.717, 1.165) is 24.3 Å². The molecule has 0 fully saturated rings. The summed E-state index contributed by atoms with van der Waals surface area (Å²) in [7, 11) is -1.53. The van der Waals surface area contributed by atoms with Crippen LogP contribution in [0.2, 0.25) is 0 Å². The molecule has 0 saturated heterocycles. The van der Waals surface area contributed by atoms with Crippen molar-refractivity contribution in [2.75, 3.05) is 0 Å². The normalized spacial score (nSPS) is 13.6. The monoisotopic (exact) mass is 540 g/mol. The molecule has 39 heavy (non-hydrogen) atoms. The second-order valence-corrected chi connectivity index (χ2v) is 13.7. The molecule has 0 heterocycles. The van der Waals surface area contributed by atoms with Gasteiger partial charge in [0.25, 0.3) is 0 Å². The van der Waals surface area contributed by atoms with Crippen LogP contribution in [0.3, 0.4) is 0 Å². The predicted molar refractivity (Wildman–Crippen MR) is 171 cm³/mol. The fraction of sp³-hybridized carbons (Fsp3) is 0.0556. The molecule has 0 N–H and O–H groups in total. The topological polar surface area (TPSA) is 9.23 Å². The van der Waals surface area contributed by atoms with Crippen LogP contribution in [0.15, 0.2) is 163 Å². The Labute approximate surface area is 234 Å². The first-order chi connectivity index (χ1) is 19.4. The summed E-state index contributed by atoms with van der Waals surface area (Å²) in [6.45, 7) is 0. The number of hydrogen-bond donors (Lipinski definition) is 0. The molecule has 0 aliphatic heterocycles. The van der Waals surface area contributed by atoms with Gasteiger partial charge in [-0.05, 0) is 62.0 Å². The molecular formula is C36H30OP2. The molecule has 6 rings (SSSR count). The van der Waals surface area contributed by atoms with E-state index in [1.54, 1.807) is 0 Å². The highest BCUT2D eigenvalue weighted by Gasteiger charge is 2.24. The largest absolute Gasteiger partial charge is 0.456 e. The van der Waals surface area contributed by atoms with Crippen molar-refractivity contribution in [1.82, 2.24) is 0 Å². The van der Waals surface area contributed by atoms with Gasteiger partial charge < -0.3 is 4.74 Å². The van der Waals surface area contributed by atoms with Gasteiger partial charge >= 0.3 is 0 Å². The van der Waals surface area contributed by atoms with E-state index in [9.17, 15) is 0 Å². The molecule has 5 aromatic rings. The van der Waals surface area contributed by atoms with Crippen LogP contribution in [0.25, 0.3) is 0 Å². The molecule has 0 radical (unpaired) electrons. The van der Waals surface area contributed by atoms with Gasteiger partial charge in [0.05, 0.1) is 0 Å². The number of rotatable bonds is 8. The zero-order chi connectivity index (χ0) is 26.3. The SMILES string of the molecule is C1=CC(P(c2ccccc2)c2ccccc2Oc2ccccc2P(c2ccccc2)c2ccccc2)=CCC1. The summed E-state index contributed by atoms with van der Waals surface area (Å²) in [5, 5.41) is 7.82. The lowest BCUT2D eigenvalue weighted by molar-refractivity contribution is 0.490. The van der Waals surface area contributed by atoms with E-state index in [2.05, 4.69) is 158 Å². The lowest BCUT2D eigenvalue weighted by Crippen LogP contribution is -2.22. The van der Waals surface area contributed by atoms with Crippen molar-refractivity contribution in [2.45, 2.75) is 12.8 Å². The fourth-order valence-corrected chi connectivity index (χ4v) is 9.76. The van der Waals surface area contributed by atoms with Crippen LogP contribution in [0.1, 0.15) is 12.8 Å². The summed E-state index contributed by atoms with van der Waals surface area (Å²) in [4.78, 5) is 0. The second kappa shape index (κ2) is 12.4. The molecule has 190 valence electrons. The predicted octanol–water partition coefficient (Wildman–Crippen LogP) is 7.90. The van der Waals surface area contributed by atoms with Gasteiger partial charge in [0.1, 0.15) is 11.5 Å². The quantitative estimate of drug-likeness (QED) is 0.182. The molecule has 0 saturated carbocycles. The minimum Gasteiger partial charge on any atom is -0.456 e. The third kappa shape index (κ3) is 5.81. The zero-order valence-electron chi connectivity index (χ0n) is 21.7. The van der Waals surface area contributed by atoms with Gasteiger partial charge in [-0.25, -0.2) is 0 Å². The molecule has 0 bridgehead atoms. The molecule has 1 atom stereocenters. The van der Waals surface area contributed by atoms with Crippen molar-refractivity contribution in [3.05, 3.63) is 163 Å². The highest BCUT2D eigenvalue weighted by Crippen LogP contribution is 2.48. The fourth-order valence-electron chi connectivity index (χ4n) is 4.93. The van der Waals surface area contributed by atoms with Crippen molar-refractivity contribution in [3.8, 4) is 11.5 Å². The Hall–Kier alpha value is -3.76. The van der Waals surface area contributed by atoms with Gasteiger partial charge in [0.15, 0.2) is 0 Å². The number of ether oxygens (including phenoxy) is 1. The second-order valence-electron chi connectivity index (χ2n) is 9.32. The third-order valence-corrected chi connectivity index (χ3v) is 11.7. The summed E-state index contributed by atoms with van der Waals surface area (Å²) < 4.78 is 6.94. The third-order valence-electron chi connectivity index (χ3n) is 6.71. The van der Waals surface area contributed by atoms with Gasteiger partial charge in [-0.3, -0.25) is 0 Å². The maximum atomic E-state index is 6.94. The van der Waals surface area contributed by atoms with E-state index in [1.165, 1.54) is 31.8 Å². The molecular weight excluding hydrogens is 510 g/mol. The average molecular weight is 541 g/mol. The molecule has 0 amide bonds. The molecule has 0 spiro atoms. The van der Waals surface area contributed by atoms with Crippen LogP contribution in [0.4, 0.5) is 0 Å². The summed E-state index contributed by atoms with van der Waals surface area (Å²) in [6, 6.07) is 49.7. The molecule has 1 nitrogen and oxygen atoms in total. The Kier molecular flexibility index (Phi) is 8.11. The molecule has 3 heteroatoms. The van der Waals surface area contributed by atoms with Crippen LogP contribution in [-0.4, -0.2) is 0 Å². The van der Waals surface area contributed by atoms with Gasteiger partial charge in [0.2, 0.25) is 0 Å². The molecule has 5 aromatic carbocycles. The minimum absolute atomic E-state index is 0.744. The molecule has 1 aliphatic rings. The van der Waals surface area contributed by atoms with Crippen molar-refractivity contribution < 1.29 is 4.74 Å². The standard InChI is InChI=1S/C36H30OP2/c1-5-17-29(18-6-1)38(30-19-7-2-8-20-30)35-27-15-13-25-33(35)37-34-26-14-16-28-36(34)39(31-21-9-3-10-22-31)32-23-11-4-12-24-32/h1-3,5-11,13-28H,4,12H2.